The second-order valence-corrected chi connectivity index (χ2v) is 9.40. The largest absolute Gasteiger partial charge is 0.339 e. The Balaban J connectivity index is 1.72. The number of sulfonamides is 1. The molecule has 0 aliphatic carbocycles. The number of benzene rings is 2. The van der Waals surface area contributed by atoms with Gasteiger partial charge in [0.1, 0.15) is 0 Å². The molecule has 5 nitrogen and oxygen atoms in total. The van der Waals surface area contributed by atoms with Crippen molar-refractivity contribution in [3.05, 3.63) is 64.7 Å². The molecule has 2 aromatic rings. The minimum Gasteiger partial charge on any atom is -0.339 e. The van der Waals surface area contributed by atoms with Crippen molar-refractivity contribution in [2.75, 3.05) is 20.1 Å². The Hall–Kier alpha value is -2.18. The van der Waals surface area contributed by atoms with Crippen molar-refractivity contribution in [3.63, 3.8) is 0 Å². The molecule has 1 amide bonds. The molecule has 0 radical (unpaired) electrons. The Morgan fingerprint density at radius 1 is 1.11 bits per heavy atom. The zero-order valence-electron chi connectivity index (χ0n) is 16.7. The normalized spacial score (nSPS) is 15.6. The smallest absolute Gasteiger partial charge is 0.253 e. The molecule has 0 aromatic heterocycles. The van der Waals surface area contributed by atoms with Gasteiger partial charge >= 0.3 is 0 Å². The van der Waals surface area contributed by atoms with Crippen LogP contribution >= 0.6 is 0 Å². The van der Waals surface area contributed by atoms with E-state index in [4.69, 9.17) is 0 Å². The fraction of sp³-hybridized carbons (Fsp3) is 0.409. The Morgan fingerprint density at radius 2 is 1.75 bits per heavy atom. The third kappa shape index (κ3) is 4.45. The standard InChI is InChI=1S/C22H28N2O3S/c1-16-13-20(15-21(17(16)2)28(26,27)23-3)22(25)24-11-9-19(10-12-24)14-18-7-5-4-6-8-18/h4-8,13,15,19,23H,9-12,14H2,1-3H3. The maximum atomic E-state index is 13.0. The summed E-state index contributed by atoms with van der Waals surface area (Å²) in [6.07, 6.45) is 2.97. The molecule has 1 N–H and O–H groups in total. The summed E-state index contributed by atoms with van der Waals surface area (Å²) in [5, 5.41) is 0. The number of rotatable bonds is 5. The second-order valence-electron chi connectivity index (χ2n) is 7.55. The molecule has 0 spiro atoms. The SMILES string of the molecule is CNS(=O)(=O)c1cc(C(=O)N2CCC(Cc3ccccc3)CC2)cc(C)c1C. The van der Waals surface area contributed by atoms with Crippen LogP contribution in [0.2, 0.25) is 0 Å². The molecular weight excluding hydrogens is 372 g/mol. The number of hydrogen-bond donors (Lipinski definition) is 1. The molecule has 150 valence electrons. The lowest BCUT2D eigenvalue weighted by Crippen LogP contribution is -2.39. The van der Waals surface area contributed by atoms with Gasteiger partial charge in [0, 0.05) is 18.7 Å². The lowest BCUT2D eigenvalue weighted by atomic mass is 9.90. The number of likely N-dealkylation sites (tertiary alicyclic amines) is 1. The van der Waals surface area contributed by atoms with Crippen LogP contribution < -0.4 is 4.72 Å². The highest BCUT2D eigenvalue weighted by atomic mass is 32.2. The number of piperidine rings is 1. The zero-order chi connectivity index (χ0) is 20.3. The highest BCUT2D eigenvalue weighted by molar-refractivity contribution is 7.89. The van der Waals surface area contributed by atoms with Crippen LogP contribution in [0.1, 0.15) is 39.9 Å². The van der Waals surface area contributed by atoms with E-state index in [0.717, 1.165) is 24.8 Å². The van der Waals surface area contributed by atoms with Crippen LogP contribution in [0.4, 0.5) is 0 Å². The van der Waals surface area contributed by atoms with Gasteiger partial charge in [0.25, 0.3) is 5.91 Å². The van der Waals surface area contributed by atoms with Gasteiger partial charge in [0.15, 0.2) is 0 Å². The van der Waals surface area contributed by atoms with E-state index in [2.05, 4.69) is 29.0 Å². The van der Waals surface area contributed by atoms with Crippen molar-refractivity contribution in [3.8, 4) is 0 Å². The van der Waals surface area contributed by atoms with E-state index in [9.17, 15) is 13.2 Å². The first-order valence-electron chi connectivity index (χ1n) is 9.70. The monoisotopic (exact) mass is 400 g/mol. The molecule has 2 aromatic carbocycles. The Morgan fingerprint density at radius 3 is 2.36 bits per heavy atom. The first-order chi connectivity index (χ1) is 13.3. The maximum Gasteiger partial charge on any atom is 0.253 e. The first kappa shape index (κ1) is 20.6. The van der Waals surface area contributed by atoms with Crippen molar-refractivity contribution < 1.29 is 13.2 Å². The van der Waals surface area contributed by atoms with Crippen molar-refractivity contribution >= 4 is 15.9 Å². The molecule has 0 unspecified atom stereocenters. The first-order valence-corrected chi connectivity index (χ1v) is 11.2. The Labute approximate surface area is 167 Å². The summed E-state index contributed by atoms with van der Waals surface area (Å²) in [6.45, 7) is 5.02. The highest BCUT2D eigenvalue weighted by Crippen LogP contribution is 2.25. The average Bonchev–Trinajstić information content (AvgIpc) is 2.70. The molecule has 1 aliphatic heterocycles. The van der Waals surface area contributed by atoms with Gasteiger partial charge in [0.05, 0.1) is 4.90 Å². The summed E-state index contributed by atoms with van der Waals surface area (Å²) < 4.78 is 27.0. The van der Waals surface area contributed by atoms with E-state index in [1.165, 1.54) is 18.7 Å². The van der Waals surface area contributed by atoms with Crippen LogP contribution in [0.3, 0.4) is 0 Å². The van der Waals surface area contributed by atoms with E-state index in [-0.39, 0.29) is 10.8 Å². The highest BCUT2D eigenvalue weighted by Gasteiger charge is 2.26. The van der Waals surface area contributed by atoms with E-state index < -0.39 is 10.0 Å². The van der Waals surface area contributed by atoms with Crippen LogP contribution in [0.25, 0.3) is 0 Å². The number of hydrogen-bond acceptors (Lipinski definition) is 3. The molecule has 0 atom stereocenters. The average molecular weight is 401 g/mol. The van der Waals surface area contributed by atoms with Gasteiger partial charge in [-0.1, -0.05) is 30.3 Å². The molecule has 1 saturated heterocycles. The number of amides is 1. The number of carbonyl (C=O) groups excluding carboxylic acids is 1. The fourth-order valence-electron chi connectivity index (χ4n) is 3.81. The molecule has 1 heterocycles. The summed E-state index contributed by atoms with van der Waals surface area (Å²) in [7, 11) is -2.22. The van der Waals surface area contributed by atoms with Gasteiger partial charge in [-0.3, -0.25) is 4.79 Å². The maximum absolute atomic E-state index is 13.0. The Bertz CT molecular complexity index is 947. The van der Waals surface area contributed by atoms with E-state index >= 15 is 0 Å². The van der Waals surface area contributed by atoms with Gasteiger partial charge in [0.2, 0.25) is 10.0 Å². The van der Waals surface area contributed by atoms with Crippen LogP contribution in [-0.4, -0.2) is 39.4 Å². The predicted octanol–water partition coefficient (Wildman–Crippen LogP) is 3.31. The second kappa shape index (κ2) is 8.45. The van der Waals surface area contributed by atoms with E-state index in [1.807, 2.05) is 17.9 Å². The zero-order valence-corrected chi connectivity index (χ0v) is 17.6. The van der Waals surface area contributed by atoms with Crippen molar-refractivity contribution in [1.82, 2.24) is 9.62 Å². The summed E-state index contributed by atoms with van der Waals surface area (Å²) in [5.41, 5.74) is 3.26. The number of nitrogens with zero attached hydrogens (tertiary/aromatic N) is 1. The molecule has 28 heavy (non-hydrogen) atoms. The number of carbonyl (C=O) groups is 1. The number of aryl methyl sites for hydroxylation is 1. The van der Waals surface area contributed by atoms with Gasteiger partial charge < -0.3 is 4.90 Å². The van der Waals surface area contributed by atoms with Crippen molar-refractivity contribution in [1.29, 1.82) is 0 Å². The van der Waals surface area contributed by atoms with Crippen molar-refractivity contribution in [2.45, 2.75) is 38.0 Å². The summed E-state index contributed by atoms with van der Waals surface area (Å²) in [5.74, 6) is 0.486. The van der Waals surface area contributed by atoms with Crippen molar-refractivity contribution in [2.24, 2.45) is 5.92 Å². The minimum atomic E-state index is -3.60. The Kier molecular flexibility index (Phi) is 6.20. The molecular formula is C22H28N2O3S. The lowest BCUT2D eigenvalue weighted by molar-refractivity contribution is 0.0690. The van der Waals surface area contributed by atoms with Gasteiger partial charge in [-0.2, -0.15) is 0 Å². The summed E-state index contributed by atoms with van der Waals surface area (Å²) >= 11 is 0. The lowest BCUT2D eigenvalue weighted by Gasteiger charge is -2.32. The topological polar surface area (TPSA) is 66.5 Å². The third-order valence-electron chi connectivity index (χ3n) is 5.69. The minimum absolute atomic E-state index is 0.0891. The molecule has 0 bridgehead atoms. The molecule has 1 fully saturated rings. The van der Waals surface area contributed by atoms with Gasteiger partial charge in [-0.15, -0.1) is 0 Å². The third-order valence-corrected chi connectivity index (χ3v) is 7.23. The summed E-state index contributed by atoms with van der Waals surface area (Å²) in [6, 6.07) is 13.7. The molecule has 3 rings (SSSR count). The summed E-state index contributed by atoms with van der Waals surface area (Å²) in [4.78, 5) is 15.0. The molecule has 0 saturated carbocycles. The van der Waals surface area contributed by atoms with Gasteiger partial charge in [-0.05, 0) is 74.9 Å². The van der Waals surface area contributed by atoms with Crippen LogP contribution in [0.15, 0.2) is 47.4 Å². The van der Waals surface area contributed by atoms with Gasteiger partial charge in [-0.25, -0.2) is 13.1 Å². The van der Waals surface area contributed by atoms with E-state index in [0.29, 0.717) is 30.1 Å². The quantitative estimate of drug-likeness (QED) is 0.837. The molecule has 1 aliphatic rings. The predicted molar refractivity (Wildman–Crippen MR) is 111 cm³/mol. The fourth-order valence-corrected chi connectivity index (χ4v) is 4.88. The van der Waals surface area contributed by atoms with Crippen LogP contribution in [0, 0.1) is 19.8 Å². The number of nitrogens with one attached hydrogen (secondary N) is 1. The molecule has 6 heteroatoms. The van der Waals surface area contributed by atoms with Crippen LogP contribution in [0.5, 0.6) is 0 Å². The van der Waals surface area contributed by atoms with Crippen LogP contribution in [-0.2, 0) is 16.4 Å². The van der Waals surface area contributed by atoms with E-state index in [1.54, 1.807) is 13.0 Å².